The fourth-order valence-electron chi connectivity index (χ4n) is 2.34. The van der Waals surface area contributed by atoms with Gasteiger partial charge in [-0.1, -0.05) is 12.1 Å². The average molecular weight is 373 g/mol. The minimum atomic E-state index is -0.590. The van der Waals surface area contributed by atoms with Gasteiger partial charge in [0.2, 0.25) is 10.7 Å². The zero-order valence-electron chi connectivity index (χ0n) is 13.8. The lowest BCUT2D eigenvalue weighted by Gasteiger charge is -2.08. The highest BCUT2D eigenvalue weighted by Crippen LogP contribution is 2.16. The third-order valence-electron chi connectivity index (χ3n) is 3.66. The molecule has 0 radical (unpaired) electrons. The van der Waals surface area contributed by atoms with Gasteiger partial charge in [0.1, 0.15) is 18.1 Å². The normalized spacial score (nSPS) is 10.5. The van der Waals surface area contributed by atoms with Crippen LogP contribution < -0.4 is 15.9 Å². The third kappa shape index (κ3) is 3.57. The number of hydrogen-bond donors (Lipinski definition) is 2. The van der Waals surface area contributed by atoms with Gasteiger partial charge < -0.3 is 10.5 Å². The molecule has 134 valence electrons. The van der Waals surface area contributed by atoms with Crippen LogP contribution >= 0.6 is 12.2 Å². The molecular formula is C17H16FN5O2S. The van der Waals surface area contributed by atoms with Crippen LogP contribution in [0, 0.1) is 10.6 Å². The summed E-state index contributed by atoms with van der Waals surface area (Å²) in [5.74, 6) is -0.258. The Labute approximate surface area is 153 Å². The average Bonchev–Trinajstić information content (AvgIpc) is 2.90. The van der Waals surface area contributed by atoms with Crippen molar-refractivity contribution in [1.82, 2.24) is 14.5 Å². The summed E-state index contributed by atoms with van der Waals surface area (Å²) in [7, 11) is 1.58. The lowest BCUT2D eigenvalue weighted by atomic mass is 10.1. The number of halogens is 1. The zero-order valence-corrected chi connectivity index (χ0v) is 14.7. The molecule has 3 rings (SSSR count). The van der Waals surface area contributed by atoms with Gasteiger partial charge in [0, 0.05) is 0 Å². The molecule has 9 heteroatoms. The Bertz CT molecular complexity index is 997. The maximum atomic E-state index is 13.7. The Morgan fingerprint density at radius 2 is 1.96 bits per heavy atom. The van der Waals surface area contributed by atoms with E-state index in [2.05, 4.69) is 10.5 Å². The van der Waals surface area contributed by atoms with Crippen LogP contribution in [0.3, 0.4) is 0 Å². The van der Waals surface area contributed by atoms with Crippen LogP contribution in [0.25, 0.3) is 0 Å². The zero-order chi connectivity index (χ0) is 18.7. The monoisotopic (exact) mass is 373 g/mol. The van der Waals surface area contributed by atoms with Crippen molar-refractivity contribution >= 4 is 29.6 Å². The van der Waals surface area contributed by atoms with Gasteiger partial charge in [0.05, 0.1) is 18.4 Å². The molecule has 2 aromatic carbocycles. The minimum absolute atomic E-state index is 0.0226. The number of nitrogen functional groups attached to an aromatic ring is 1. The third-order valence-corrected chi connectivity index (χ3v) is 4.06. The second-order valence-electron chi connectivity index (χ2n) is 5.38. The van der Waals surface area contributed by atoms with E-state index in [1.54, 1.807) is 37.4 Å². The fraction of sp³-hybridized carbons (Fsp3) is 0.118. The van der Waals surface area contributed by atoms with E-state index in [4.69, 9.17) is 22.7 Å². The highest BCUT2D eigenvalue weighted by molar-refractivity contribution is 7.71. The van der Waals surface area contributed by atoms with Crippen molar-refractivity contribution in [3.05, 3.63) is 64.7 Å². The molecule has 0 amide bonds. The molecule has 0 fully saturated rings. The van der Waals surface area contributed by atoms with Crippen LogP contribution in [0.4, 0.5) is 16.0 Å². The fourth-order valence-corrected chi connectivity index (χ4v) is 2.58. The molecular weight excluding hydrogens is 357 g/mol. The van der Waals surface area contributed by atoms with Gasteiger partial charge in [-0.25, -0.2) is 9.07 Å². The van der Waals surface area contributed by atoms with Crippen LogP contribution in [-0.2, 0) is 6.54 Å². The molecule has 0 atom stereocenters. The Morgan fingerprint density at radius 1 is 1.27 bits per heavy atom. The number of carbonyl (C=O) groups is 1. The van der Waals surface area contributed by atoms with Crippen LogP contribution in [-0.4, -0.2) is 27.3 Å². The number of hydrogen-bond acceptors (Lipinski definition) is 6. The lowest BCUT2D eigenvalue weighted by Crippen LogP contribution is -2.15. The molecule has 26 heavy (non-hydrogen) atoms. The highest BCUT2D eigenvalue weighted by atomic mass is 32.1. The number of anilines is 2. The van der Waals surface area contributed by atoms with Crippen molar-refractivity contribution in [2.45, 2.75) is 6.54 Å². The standard InChI is InChI=1S/C17H16FN5O2S/c1-25-12-8-6-11(7-9-12)20-23-16(19)21-22(17(23)26)10-15(24)13-4-2-3-5-14(13)18/h2-9,20H,10H2,1H3,(H2,19,21). The van der Waals surface area contributed by atoms with Gasteiger partial charge in [-0.3, -0.25) is 10.2 Å². The number of ether oxygens (including phenoxy) is 1. The maximum Gasteiger partial charge on any atom is 0.240 e. The summed E-state index contributed by atoms with van der Waals surface area (Å²) in [6.07, 6.45) is 0. The van der Waals surface area contributed by atoms with E-state index in [0.717, 1.165) is 0 Å². The molecule has 0 bridgehead atoms. The van der Waals surface area contributed by atoms with Crippen LogP contribution in [0.5, 0.6) is 5.75 Å². The number of ketones is 1. The Balaban J connectivity index is 1.82. The molecule has 7 nitrogen and oxygen atoms in total. The van der Waals surface area contributed by atoms with E-state index in [9.17, 15) is 9.18 Å². The summed E-state index contributed by atoms with van der Waals surface area (Å²) < 4.78 is 21.6. The first-order chi connectivity index (χ1) is 12.5. The number of nitrogens with zero attached hydrogens (tertiary/aromatic N) is 3. The molecule has 0 aliphatic carbocycles. The lowest BCUT2D eigenvalue weighted by molar-refractivity contribution is 0.0963. The van der Waals surface area contributed by atoms with E-state index < -0.39 is 11.6 Å². The van der Waals surface area contributed by atoms with Gasteiger partial charge in [0.15, 0.2) is 5.78 Å². The molecule has 1 heterocycles. The Morgan fingerprint density at radius 3 is 2.62 bits per heavy atom. The molecule has 0 saturated carbocycles. The van der Waals surface area contributed by atoms with Gasteiger partial charge in [0.25, 0.3) is 0 Å². The number of benzene rings is 2. The van der Waals surface area contributed by atoms with E-state index >= 15 is 0 Å². The number of nitrogens with one attached hydrogen (secondary N) is 1. The smallest absolute Gasteiger partial charge is 0.240 e. The number of nitrogens with two attached hydrogens (primary N) is 1. The van der Waals surface area contributed by atoms with Gasteiger partial charge >= 0.3 is 0 Å². The molecule has 3 aromatic rings. The van der Waals surface area contributed by atoms with Crippen LogP contribution in [0.15, 0.2) is 48.5 Å². The van der Waals surface area contributed by atoms with Crippen molar-refractivity contribution in [3.63, 3.8) is 0 Å². The van der Waals surface area contributed by atoms with Crippen molar-refractivity contribution < 1.29 is 13.9 Å². The predicted octanol–water partition coefficient (Wildman–Crippen LogP) is 2.90. The molecule has 0 spiro atoms. The Kier molecular flexibility index (Phi) is 4.99. The SMILES string of the molecule is COc1ccc(Nn2c(N)nn(CC(=O)c3ccccc3F)c2=S)cc1. The van der Waals surface area contributed by atoms with E-state index in [0.29, 0.717) is 11.4 Å². The first-order valence-corrected chi connectivity index (χ1v) is 8.04. The number of rotatable bonds is 6. The summed E-state index contributed by atoms with van der Waals surface area (Å²) in [6.45, 7) is -0.221. The van der Waals surface area contributed by atoms with Crippen LogP contribution in [0.1, 0.15) is 10.4 Å². The van der Waals surface area contributed by atoms with E-state index in [1.807, 2.05) is 0 Å². The van der Waals surface area contributed by atoms with Crippen LogP contribution in [0.2, 0.25) is 0 Å². The molecule has 0 aliphatic heterocycles. The molecule has 0 saturated heterocycles. The molecule has 0 unspecified atom stereocenters. The van der Waals surface area contributed by atoms with Crippen molar-refractivity contribution in [1.29, 1.82) is 0 Å². The molecule has 3 N–H and O–H groups in total. The first kappa shape index (κ1) is 17.6. The van der Waals surface area contributed by atoms with Crippen molar-refractivity contribution in [2.24, 2.45) is 0 Å². The maximum absolute atomic E-state index is 13.7. The first-order valence-electron chi connectivity index (χ1n) is 7.63. The van der Waals surface area contributed by atoms with Crippen molar-refractivity contribution in [3.8, 4) is 5.75 Å². The van der Waals surface area contributed by atoms with Crippen molar-refractivity contribution in [2.75, 3.05) is 18.3 Å². The summed E-state index contributed by atoms with van der Waals surface area (Å²) in [5.41, 5.74) is 9.56. The second kappa shape index (κ2) is 7.36. The molecule has 0 aliphatic rings. The number of Topliss-reactive ketones (excluding diaryl/α,β-unsaturated/α-hetero) is 1. The van der Waals surface area contributed by atoms with E-state index in [1.165, 1.54) is 27.6 Å². The quantitative estimate of drug-likeness (QED) is 0.510. The largest absolute Gasteiger partial charge is 0.497 e. The molecule has 1 aromatic heterocycles. The summed E-state index contributed by atoms with van der Waals surface area (Å²) >= 11 is 5.31. The summed E-state index contributed by atoms with van der Waals surface area (Å²) in [4.78, 5) is 12.3. The topological polar surface area (TPSA) is 87.1 Å². The number of methoxy groups -OCH3 is 1. The Hall–Kier alpha value is -3.20. The summed E-state index contributed by atoms with van der Waals surface area (Å²) in [5, 5.41) is 4.06. The second-order valence-corrected chi connectivity index (χ2v) is 5.74. The predicted molar refractivity (Wildman–Crippen MR) is 98.2 cm³/mol. The minimum Gasteiger partial charge on any atom is -0.497 e. The summed E-state index contributed by atoms with van der Waals surface area (Å²) in [6, 6.07) is 12.9. The highest BCUT2D eigenvalue weighted by Gasteiger charge is 2.15. The number of aromatic nitrogens is 3. The number of carbonyl (C=O) groups excluding carboxylic acids is 1. The van der Waals surface area contributed by atoms with E-state index in [-0.39, 0.29) is 22.8 Å². The van der Waals surface area contributed by atoms with Gasteiger partial charge in [-0.05, 0) is 48.6 Å². The van der Waals surface area contributed by atoms with Gasteiger partial charge in [-0.15, -0.1) is 5.10 Å². The van der Waals surface area contributed by atoms with Gasteiger partial charge in [-0.2, -0.15) is 4.68 Å².